The number of anilines is 1. The Hall–Kier alpha value is -3.20. The van der Waals surface area contributed by atoms with E-state index in [-0.39, 0.29) is 11.7 Å². The molecule has 0 aliphatic carbocycles. The summed E-state index contributed by atoms with van der Waals surface area (Å²) in [6, 6.07) is 24.5. The predicted octanol–water partition coefficient (Wildman–Crippen LogP) is 4.80. The van der Waals surface area contributed by atoms with Gasteiger partial charge in [0.1, 0.15) is 0 Å². The van der Waals surface area contributed by atoms with E-state index >= 15 is 0 Å². The molecule has 3 heteroatoms. The van der Waals surface area contributed by atoms with Gasteiger partial charge in [-0.05, 0) is 36.6 Å². The van der Waals surface area contributed by atoms with Gasteiger partial charge in [0, 0.05) is 23.2 Å². The van der Waals surface area contributed by atoms with Crippen molar-refractivity contribution in [3.8, 4) is 0 Å². The number of nitrogens with one attached hydrogen (secondary N) is 1. The first-order valence-electron chi connectivity index (χ1n) is 8.67. The molecule has 3 aromatic rings. The Labute approximate surface area is 153 Å². The van der Waals surface area contributed by atoms with Crippen molar-refractivity contribution in [3.05, 3.63) is 101 Å². The van der Waals surface area contributed by atoms with Gasteiger partial charge in [-0.1, -0.05) is 66.7 Å². The van der Waals surface area contributed by atoms with Crippen LogP contribution in [0, 0.1) is 6.92 Å². The van der Waals surface area contributed by atoms with E-state index in [9.17, 15) is 9.59 Å². The summed E-state index contributed by atoms with van der Waals surface area (Å²) in [6.45, 7) is 1.90. The SMILES string of the molecule is Cc1ccc(NC(=O)CCc2ccccc2)cc1C(=O)c1ccccc1. The van der Waals surface area contributed by atoms with Gasteiger partial charge < -0.3 is 5.32 Å². The Morgan fingerprint density at radius 1 is 0.846 bits per heavy atom. The predicted molar refractivity (Wildman–Crippen MR) is 104 cm³/mol. The normalized spacial score (nSPS) is 10.3. The molecule has 0 aliphatic rings. The summed E-state index contributed by atoms with van der Waals surface area (Å²) < 4.78 is 0. The standard InChI is InChI=1S/C23H21NO2/c1-17-12-14-20(16-21(17)23(26)19-10-6-3-7-11-19)24-22(25)15-13-18-8-4-2-5-9-18/h2-12,14,16H,13,15H2,1H3,(H,24,25). The second-order valence-electron chi connectivity index (χ2n) is 6.26. The maximum Gasteiger partial charge on any atom is 0.224 e. The lowest BCUT2D eigenvalue weighted by Crippen LogP contribution is -2.13. The molecule has 3 aromatic carbocycles. The highest BCUT2D eigenvalue weighted by atomic mass is 16.1. The highest BCUT2D eigenvalue weighted by Gasteiger charge is 2.13. The monoisotopic (exact) mass is 343 g/mol. The van der Waals surface area contributed by atoms with Crippen LogP contribution < -0.4 is 5.32 Å². The van der Waals surface area contributed by atoms with Crippen molar-refractivity contribution in [1.29, 1.82) is 0 Å². The number of carbonyl (C=O) groups is 2. The molecule has 0 aromatic heterocycles. The Balaban J connectivity index is 1.69. The van der Waals surface area contributed by atoms with Crippen LogP contribution >= 0.6 is 0 Å². The zero-order chi connectivity index (χ0) is 18.4. The minimum absolute atomic E-state index is 0.0384. The summed E-state index contributed by atoms with van der Waals surface area (Å²) in [7, 11) is 0. The van der Waals surface area contributed by atoms with Crippen molar-refractivity contribution in [2.24, 2.45) is 0 Å². The van der Waals surface area contributed by atoms with E-state index in [2.05, 4.69) is 5.32 Å². The highest BCUT2D eigenvalue weighted by molar-refractivity contribution is 6.10. The molecular formula is C23H21NO2. The maximum absolute atomic E-state index is 12.7. The minimum Gasteiger partial charge on any atom is -0.326 e. The largest absolute Gasteiger partial charge is 0.326 e. The molecule has 1 N–H and O–H groups in total. The van der Waals surface area contributed by atoms with Crippen molar-refractivity contribution < 1.29 is 9.59 Å². The maximum atomic E-state index is 12.7. The fourth-order valence-electron chi connectivity index (χ4n) is 2.82. The van der Waals surface area contributed by atoms with Gasteiger partial charge in [-0.3, -0.25) is 9.59 Å². The van der Waals surface area contributed by atoms with Gasteiger partial charge in [-0.25, -0.2) is 0 Å². The van der Waals surface area contributed by atoms with Gasteiger partial charge in [-0.15, -0.1) is 0 Å². The smallest absolute Gasteiger partial charge is 0.224 e. The number of carbonyl (C=O) groups excluding carboxylic acids is 2. The van der Waals surface area contributed by atoms with Crippen LogP contribution in [0.15, 0.2) is 78.9 Å². The van der Waals surface area contributed by atoms with Crippen molar-refractivity contribution >= 4 is 17.4 Å². The van der Waals surface area contributed by atoms with Crippen LogP contribution in [0.2, 0.25) is 0 Å². The molecule has 0 bridgehead atoms. The zero-order valence-corrected chi connectivity index (χ0v) is 14.7. The molecule has 0 atom stereocenters. The third-order valence-electron chi connectivity index (χ3n) is 4.29. The van der Waals surface area contributed by atoms with Crippen molar-refractivity contribution in [1.82, 2.24) is 0 Å². The van der Waals surface area contributed by atoms with E-state index < -0.39 is 0 Å². The second kappa shape index (κ2) is 8.26. The number of hydrogen-bond donors (Lipinski definition) is 1. The van der Waals surface area contributed by atoms with E-state index in [1.54, 1.807) is 18.2 Å². The number of aryl methyl sites for hydroxylation is 2. The molecule has 0 heterocycles. The van der Waals surface area contributed by atoms with Gasteiger partial charge in [-0.2, -0.15) is 0 Å². The molecule has 0 unspecified atom stereocenters. The van der Waals surface area contributed by atoms with Crippen molar-refractivity contribution in [2.45, 2.75) is 19.8 Å². The van der Waals surface area contributed by atoms with Crippen LogP contribution in [0.4, 0.5) is 5.69 Å². The molecule has 26 heavy (non-hydrogen) atoms. The molecule has 0 spiro atoms. The van der Waals surface area contributed by atoms with Gasteiger partial charge in [0.05, 0.1) is 0 Å². The van der Waals surface area contributed by atoms with E-state index in [0.29, 0.717) is 29.7 Å². The Bertz CT molecular complexity index is 902. The summed E-state index contributed by atoms with van der Waals surface area (Å²) >= 11 is 0. The topological polar surface area (TPSA) is 46.2 Å². The second-order valence-corrected chi connectivity index (χ2v) is 6.26. The quantitative estimate of drug-likeness (QED) is 0.654. The summed E-state index contributed by atoms with van der Waals surface area (Å²) in [4.78, 5) is 24.9. The molecule has 0 saturated carbocycles. The van der Waals surface area contributed by atoms with Crippen LogP contribution in [0.25, 0.3) is 0 Å². The summed E-state index contributed by atoms with van der Waals surface area (Å²) in [5.74, 6) is -0.0979. The Morgan fingerprint density at radius 2 is 1.50 bits per heavy atom. The van der Waals surface area contributed by atoms with Crippen LogP contribution in [0.1, 0.15) is 33.5 Å². The summed E-state index contributed by atoms with van der Waals surface area (Å²) in [6.07, 6.45) is 1.09. The average Bonchev–Trinajstić information content (AvgIpc) is 2.69. The van der Waals surface area contributed by atoms with Gasteiger partial charge in [0.25, 0.3) is 0 Å². The Morgan fingerprint density at radius 3 is 2.19 bits per heavy atom. The van der Waals surface area contributed by atoms with Crippen LogP contribution in [-0.2, 0) is 11.2 Å². The van der Waals surface area contributed by atoms with Crippen molar-refractivity contribution in [2.75, 3.05) is 5.32 Å². The van der Waals surface area contributed by atoms with Crippen molar-refractivity contribution in [3.63, 3.8) is 0 Å². The van der Waals surface area contributed by atoms with Crippen LogP contribution in [0.5, 0.6) is 0 Å². The lowest BCUT2D eigenvalue weighted by atomic mass is 9.98. The highest BCUT2D eigenvalue weighted by Crippen LogP contribution is 2.19. The number of ketones is 1. The molecule has 0 radical (unpaired) electrons. The lowest BCUT2D eigenvalue weighted by Gasteiger charge is -2.10. The Kier molecular flexibility index (Phi) is 5.59. The van der Waals surface area contributed by atoms with E-state index in [0.717, 1.165) is 11.1 Å². The van der Waals surface area contributed by atoms with Gasteiger partial charge in [0.15, 0.2) is 5.78 Å². The molecule has 0 aliphatic heterocycles. The van der Waals surface area contributed by atoms with Crippen LogP contribution in [0.3, 0.4) is 0 Å². The molecular weight excluding hydrogens is 322 g/mol. The summed E-state index contributed by atoms with van der Waals surface area (Å²) in [5.41, 5.74) is 3.92. The minimum atomic E-state index is -0.0594. The number of rotatable bonds is 6. The number of amides is 1. The third-order valence-corrected chi connectivity index (χ3v) is 4.29. The lowest BCUT2D eigenvalue weighted by molar-refractivity contribution is -0.116. The average molecular weight is 343 g/mol. The first kappa shape index (κ1) is 17.6. The molecule has 0 saturated heterocycles. The van der Waals surface area contributed by atoms with Crippen LogP contribution in [-0.4, -0.2) is 11.7 Å². The molecule has 0 fully saturated rings. The molecule has 130 valence electrons. The van der Waals surface area contributed by atoms with E-state index in [1.807, 2.05) is 67.6 Å². The molecule has 3 nitrogen and oxygen atoms in total. The van der Waals surface area contributed by atoms with E-state index in [1.165, 1.54) is 0 Å². The fourth-order valence-corrected chi connectivity index (χ4v) is 2.82. The first-order chi connectivity index (χ1) is 12.6. The summed E-state index contributed by atoms with van der Waals surface area (Å²) in [5, 5.41) is 2.89. The third kappa shape index (κ3) is 4.45. The van der Waals surface area contributed by atoms with Gasteiger partial charge in [0.2, 0.25) is 5.91 Å². The number of benzene rings is 3. The van der Waals surface area contributed by atoms with E-state index in [4.69, 9.17) is 0 Å². The van der Waals surface area contributed by atoms with Gasteiger partial charge >= 0.3 is 0 Å². The zero-order valence-electron chi connectivity index (χ0n) is 14.7. The first-order valence-corrected chi connectivity index (χ1v) is 8.67. The number of hydrogen-bond acceptors (Lipinski definition) is 2. The molecule has 3 rings (SSSR count). The molecule has 1 amide bonds. The fraction of sp³-hybridized carbons (Fsp3) is 0.130.